The van der Waals surface area contributed by atoms with E-state index in [1.54, 1.807) is 19.2 Å². The van der Waals surface area contributed by atoms with Gasteiger partial charge in [0.2, 0.25) is 5.89 Å². The Morgan fingerprint density at radius 1 is 1.50 bits per heavy atom. The summed E-state index contributed by atoms with van der Waals surface area (Å²) >= 11 is 5.66. The maximum Gasteiger partial charge on any atom is 0.312 e. The molecule has 2 rings (SSSR count). The summed E-state index contributed by atoms with van der Waals surface area (Å²) in [5.41, 5.74) is 0.952. The van der Waals surface area contributed by atoms with Crippen LogP contribution in [0.4, 0.5) is 0 Å². The van der Waals surface area contributed by atoms with Gasteiger partial charge >= 0.3 is 5.68 Å². The second-order valence-corrected chi connectivity index (χ2v) is 3.46. The first kappa shape index (κ1) is 12.7. The van der Waals surface area contributed by atoms with Crippen LogP contribution in [0.25, 0.3) is 0 Å². The molecule has 0 atom stereocenters. The number of rotatable bonds is 2. The lowest BCUT2D eigenvalue weighted by Crippen LogP contribution is -2.16. The first-order chi connectivity index (χ1) is 7.15. The number of pyridine rings is 1. The summed E-state index contributed by atoms with van der Waals surface area (Å²) in [6, 6.07) is 3.54. The molecule has 0 saturated heterocycles. The van der Waals surface area contributed by atoms with E-state index in [-0.39, 0.29) is 18.1 Å². The molecule has 0 aromatic carbocycles. The van der Waals surface area contributed by atoms with E-state index in [0.29, 0.717) is 17.6 Å². The van der Waals surface area contributed by atoms with E-state index < -0.39 is 0 Å². The first-order valence-electron chi connectivity index (χ1n) is 4.35. The van der Waals surface area contributed by atoms with Crippen LogP contribution in [0.1, 0.15) is 11.5 Å². The number of aromatic nitrogens is 3. The largest absolute Gasteiger partial charge is 0.409 e. The van der Waals surface area contributed by atoms with Crippen LogP contribution < -0.4 is 5.68 Å². The molecule has 2 heterocycles. The van der Waals surface area contributed by atoms with Crippen LogP contribution in [-0.2, 0) is 6.54 Å². The third-order valence-electron chi connectivity index (χ3n) is 1.86. The predicted molar refractivity (Wildman–Crippen MR) is 60.7 cm³/mol. The van der Waals surface area contributed by atoms with Crippen molar-refractivity contribution >= 4 is 24.0 Å². The van der Waals surface area contributed by atoms with Crippen molar-refractivity contribution in [2.45, 2.75) is 13.5 Å². The Hall–Kier alpha value is -1.33. The van der Waals surface area contributed by atoms with Gasteiger partial charge in [0.1, 0.15) is 5.15 Å². The Balaban J connectivity index is 0.00000128. The minimum atomic E-state index is 0. The molecule has 7 heteroatoms. The summed E-state index contributed by atoms with van der Waals surface area (Å²) in [7, 11) is 0. The van der Waals surface area contributed by atoms with Crippen molar-refractivity contribution in [3.63, 3.8) is 0 Å². The molecule has 2 aromatic rings. The van der Waals surface area contributed by atoms with Crippen LogP contribution >= 0.6 is 24.0 Å². The van der Waals surface area contributed by atoms with Crippen LogP contribution in [0, 0.1) is 12.3 Å². The van der Waals surface area contributed by atoms with Gasteiger partial charge in [0.25, 0.3) is 0 Å². The van der Waals surface area contributed by atoms with Crippen molar-refractivity contribution in [1.82, 2.24) is 14.8 Å². The second kappa shape index (κ2) is 5.14. The SMILES string of the molecule is Cc1nn(Cc2ccc(Cl)nc2)c(=N)o1.Cl. The summed E-state index contributed by atoms with van der Waals surface area (Å²) in [6.45, 7) is 2.16. The lowest BCUT2D eigenvalue weighted by molar-refractivity contribution is 0.439. The molecule has 86 valence electrons. The maximum atomic E-state index is 7.47. The molecule has 0 radical (unpaired) electrons. The third-order valence-corrected chi connectivity index (χ3v) is 2.08. The van der Waals surface area contributed by atoms with Gasteiger partial charge < -0.3 is 4.42 Å². The van der Waals surface area contributed by atoms with Crippen LogP contribution in [0.3, 0.4) is 0 Å². The quantitative estimate of drug-likeness (QED) is 0.838. The fourth-order valence-corrected chi connectivity index (χ4v) is 1.32. The van der Waals surface area contributed by atoms with E-state index in [1.807, 2.05) is 6.07 Å². The molecule has 0 aliphatic rings. The van der Waals surface area contributed by atoms with Crippen molar-refractivity contribution in [3.8, 4) is 0 Å². The second-order valence-electron chi connectivity index (χ2n) is 3.07. The topological polar surface area (TPSA) is 67.7 Å². The molecular formula is C9H10Cl2N4O. The summed E-state index contributed by atoms with van der Waals surface area (Å²) in [6.07, 6.45) is 1.65. The molecule has 0 aliphatic heterocycles. The van der Waals surface area contributed by atoms with Gasteiger partial charge in [0, 0.05) is 13.1 Å². The highest BCUT2D eigenvalue weighted by molar-refractivity contribution is 6.29. The summed E-state index contributed by atoms with van der Waals surface area (Å²) in [5, 5.41) is 12.0. The molecule has 5 nitrogen and oxygen atoms in total. The molecule has 0 saturated carbocycles. The van der Waals surface area contributed by atoms with Crippen molar-refractivity contribution in [3.05, 3.63) is 40.6 Å². The lowest BCUT2D eigenvalue weighted by Gasteiger charge is -1.99. The summed E-state index contributed by atoms with van der Waals surface area (Å²) in [5.74, 6) is 0.474. The van der Waals surface area contributed by atoms with Gasteiger partial charge in [-0.2, -0.15) is 0 Å². The Bertz CT molecular complexity index is 517. The fourth-order valence-electron chi connectivity index (χ4n) is 1.21. The van der Waals surface area contributed by atoms with E-state index in [4.69, 9.17) is 21.4 Å². The Morgan fingerprint density at radius 2 is 2.25 bits per heavy atom. The number of hydrogen-bond donors (Lipinski definition) is 1. The van der Waals surface area contributed by atoms with Crippen LogP contribution in [0.2, 0.25) is 5.15 Å². The number of aryl methyl sites for hydroxylation is 1. The van der Waals surface area contributed by atoms with Crippen molar-refractivity contribution in [2.75, 3.05) is 0 Å². The highest BCUT2D eigenvalue weighted by Gasteiger charge is 2.02. The summed E-state index contributed by atoms with van der Waals surface area (Å²) < 4.78 is 6.44. The van der Waals surface area contributed by atoms with Crippen LogP contribution in [-0.4, -0.2) is 14.8 Å². The smallest absolute Gasteiger partial charge is 0.312 e. The number of nitrogens with zero attached hydrogens (tertiary/aromatic N) is 3. The van der Waals surface area contributed by atoms with Crippen LogP contribution in [0.15, 0.2) is 22.7 Å². The van der Waals surface area contributed by atoms with E-state index in [9.17, 15) is 0 Å². The average molecular weight is 261 g/mol. The van der Waals surface area contributed by atoms with Gasteiger partial charge in [-0.1, -0.05) is 17.7 Å². The standard InChI is InChI=1S/C9H9ClN4O.ClH/c1-6-13-14(9(11)15-6)5-7-2-3-8(10)12-4-7;/h2-4,11H,5H2,1H3;1H. The van der Waals surface area contributed by atoms with Crippen molar-refractivity contribution < 1.29 is 4.42 Å². The van der Waals surface area contributed by atoms with Gasteiger partial charge in [-0.05, 0) is 11.6 Å². The lowest BCUT2D eigenvalue weighted by atomic mass is 10.3. The molecule has 0 fully saturated rings. The highest BCUT2D eigenvalue weighted by Crippen LogP contribution is 2.05. The third kappa shape index (κ3) is 2.84. The number of hydrogen-bond acceptors (Lipinski definition) is 4. The van der Waals surface area contributed by atoms with Gasteiger partial charge in [0.05, 0.1) is 6.54 Å². The zero-order chi connectivity index (χ0) is 10.8. The molecule has 16 heavy (non-hydrogen) atoms. The highest BCUT2D eigenvalue weighted by atomic mass is 35.5. The molecule has 0 amide bonds. The molecular weight excluding hydrogens is 251 g/mol. The molecule has 0 bridgehead atoms. The Labute approximate surface area is 103 Å². The van der Waals surface area contributed by atoms with E-state index in [1.165, 1.54) is 4.68 Å². The molecule has 0 unspecified atom stereocenters. The van der Waals surface area contributed by atoms with Gasteiger partial charge in [-0.15, -0.1) is 17.5 Å². The monoisotopic (exact) mass is 260 g/mol. The molecule has 0 spiro atoms. The normalized spacial score (nSPS) is 9.88. The Kier molecular flexibility index (Phi) is 4.09. The van der Waals surface area contributed by atoms with Gasteiger partial charge in [0.15, 0.2) is 0 Å². The zero-order valence-corrected chi connectivity index (χ0v) is 10.0. The molecule has 1 N–H and O–H groups in total. The molecule has 0 aliphatic carbocycles. The zero-order valence-electron chi connectivity index (χ0n) is 8.48. The van der Waals surface area contributed by atoms with Crippen molar-refractivity contribution in [2.24, 2.45) is 0 Å². The average Bonchev–Trinajstić information content (AvgIpc) is 2.49. The van der Waals surface area contributed by atoms with E-state index >= 15 is 0 Å². The predicted octanol–water partition coefficient (Wildman–Crippen LogP) is 1.78. The summed E-state index contributed by atoms with van der Waals surface area (Å²) in [4.78, 5) is 3.94. The van der Waals surface area contributed by atoms with Crippen molar-refractivity contribution in [1.29, 1.82) is 5.41 Å². The Morgan fingerprint density at radius 3 is 2.75 bits per heavy atom. The minimum Gasteiger partial charge on any atom is -0.409 e. The number of nitrogens with one attached hydrogen (secondary N) is 1. The molecule has 2 aromatic heterocycles. The van der Waals surface area contributed by atoms with E-state index in [0.717, 1.165) is 5.56 Å². The van der Waals surface area contributed by atoms with E-state index in [2.05, 4.69) is 10.1 Å². The maximum absolute atomic E-state index is 7.47. The van der Waals surface area contributed by atoms with Crippen LogP contribution in [0.5, 0.6) is 0 Å². The fraction of sp³-hybridized carbons (Fsp3) is 0.222. The van der Waals surface area contributed by atoms with Gasteiger partial charge in [-0.25, -0.2) is 15.1 Å². The minimum absolute atomic E-state index is 0. The van der Waals surface area contributed by atoms with Gasteiger partial charge in [-0.3, -0.25) is 0 Å². The first-order valence-corrected chi connectivity index (χ1v) is 4.72. The number of halogens is 2.